The summed E-state index contributed by atoms with van der Waals surface area (Å²) in [6.07, 6.45) is 2.87. The van der Waals surface area contributed by atoms with Crippen LogP contribution < -0.4 is 11.0 Å². The normalized spacial score (nSPS) is 45.2. The van der Waals surface area contributed by atoms with E-state index in [-0.39, 0.29) is 29.2 Å². The van der Waals surface area contributed by atoms with Gasteiger partial charge < -0.3 is 10.9 Å². The molecule has 2 aliphatic rings. The molecular formula is C8H14N2O3. The van der Waals surface area contributed by atoms with Gasteiger partial charge in [0.15, 0.2) is 0 Å². The van der Waals surface area contributed by atoms with Gasteiger partial charge in [0.1, 0.15) is 6.04 Å². The predicted octanol–water partition coefficient (Wildman–Crippen LogP) is -1.27. The number of fused-ring (bicyclic) bond motifs is 1. The molecule has 5 heteroatoms. The lowest BCUT2D eigenvalue weighted by Gasteiger charge is -2.41. The van der Waals surface area contributed by atoms with Gasteiger partial charge in [-0.15, -0.1) is 0 Å². The molecule has 0 aromatic heterocycles. The molecule has 4 atom stereocenters. The molecule has 0 amide bonds. The van der Waals surface area contributed by atoms with Crippen molar-refractivity contribution in [3.8, 4) is 0 Å². The van der Waals surface area contributed by atoms with Crippen molar-refractivity contribution >= 4 is 5.97 Å². The summed E-state index contributed by atoms with van der Waals surface area (Å²) in [6, 6.07) is -0.0246. The summed E-state index contributed by atoms with van der Waals surface area (Å²) in [6.45, 7) is 0. The average Bonchev–Trinajstić information content (AvgIpc) is 2.06. The summed E-state index contributed by atoms with van der Waals surface area (Å²) in [5, 5.41) is 10.9. The molecule has 1 aliphatic carbocycles. The van der Waals surface area contributed by atoms with Crippen molar-refractivity contribution in [2.75, 3.05) is 0 Å². The Bertz CT molecular complexity index is 221. The smallest absolute Gasteiger partial charge is 0.367 e. The Morgan fingerprint density at radius 2 is 2.31 bits per heavy atom. The Labute approximate surface area is 76.4 Å². The van der Waals surface area contributed by atoms with E-state index in [9.17, 15) is 10.0 Å². The van der Waals surface area contributed by atoms with Gasteiger partial charge in [-0.3, -0.25) is 4.84 Å². The van der Waals surface area contributed by atoms with Crippen LogP contribution >= 0.6 is 0 Å². The third kappa shape index (κ3) is 1.67. The molecule has 2 rings (SSSR count). The molecule has 74 valence electrons. The van der Waals surface area contributed by atoms with Crippen LogP contribution in [-0.4, -0.2) is 18.1 Å². The van der Waals surface area contributed by atoms with E-state index in [1.54, 1.807) is 0 Å². The van der Waals surface area contributed by atoms with Gasteiger partial charge >= 0.3 is 5.97 Å². The summed E-state index contributed by atoms with van der Waals surface area (Å²) in [5.41, 5.74) is 5.75. The fourth-order valence-corrected chi connectivity index (χ4v) is 2.24. The fourth-order valence-electron chi connectivity index (χ4n) is 2.24. The summed E-state index contributed by atoms with van der Waals surface area (Å²) in [7, 11) is 0. The fraction of sp³-hybridized carbons (Fsp3) is 0.875. The zero-order valence-corrected chi connectivity index (χ0v) is 7.36. The van der Waals surface area contributed by atoms with Gasteiger partial charge in [-0.2, -0.15) is 5.23 Å². The van der Waals surface area contributed by atoms with Gasteiger partial charge in [0.2, 0.25) is 0 Å². The molecule has 0 spiro atoms. The molecule has 1 aliphatic heterocycles. The maximum absolute atomic E-state index is 11.3. The highest BCUT2D eigenvalue weighted by molar-refractivity contribution is 5.69. The van der Waals surface area contributed by atoms with Crippen LogP contribution in [0.15, 0.2) is 0 Å². The van der Waals surface area contributed by atoms with Crippen molar-refractivity contribution in [2.45, 2.75) is 37.8 Å². The standard InChI is InChI=1S/C8H14N2O3/c9-6-2-1-5-3-8(11)13-10(12)7(5)4-6/h5-7,10H,1-4,9H2. The van der Waals surface area contributed by atoms with Crippen LogP contribution in [-0.2, 0) is 9.63 Å². The Balaban J connectivity index is 2.06. The van der Waals surface area contributed by atoms with Crippen LogP contribution in [0.1, 0.15) is 25.7 Å². The molecule has 1 saturated carbocycles. The number of rotatable bonds is 0. The number of nitrogens with two attached hydrogens (primary N) is 1. The van der Waals surface area contributed by atoms with E-state index in [1.807, 2.05) is 0 Å². The first-order valence-corrected chi connectivity index (χ1v) is 4.67. The lowest BCUT2D eigenvalue weighted by Crippen LogP contribution is -3.13. The maximum Gasteiger partial charge on any atom is 0.367 e. The molecule has 0 aromatic rings. The van der Waals surface area contributed by atoms with Crippen LogP contribution in [0.25, 0.3) is 0 Å². The second-order valence-electron chi connectivity index (χ2n) is 3.94. The first-order chi connectivity index (χ1) is 6.16. The summed E-state index contributed by atoms with van der Waals surface area (Å²) in [5.74, 6) is -0.185. The van der Waals surface area contributed by atoms with Crippen molar-refractivity contribution in [2.24, 2.45) is 11.7 Å². The lowest BCUT2D eigenvalue weighted by atomic mass is 9.80. The van der Waals surface area contributed by atoms with Crippen LogP contribution in [0.3, 0.4) is 0 Å². The van der Waals surface area contributed by atoms with Crippen molar-refractivity contribution in [3.05, 3.63) is 5.21 Å². The quantitative estimate of drug-likeness (QED) is 0.462. The molecule has 0 aromatic carbocycles. The van der Waals surface area contributed by atoms with Crippen LogP contribution in [0.2, 0.25) is 0 Å². The third-order valence-corrected chi connectivity index (χ3v) is 2.98. The van der Waals surface area contributed by atoms with E-state index in [1.165, 1.54) is 0 Å². The van der Waals surface area contributed by atoms with E-state index in [2.05, 4.69) is 4.84 Å². The molecule has 0 bridgehead atoms. The minimum Gasteiger partial charge on any atom is -0.590 e. The number of hydroxylamine groups is 2. The van der Waals surface area contributed by atoms with E-state index < -0.39 is 0 Å². The largest absolute Gasteiger partial charge is 0.590 e. The molecule has 0 radical (unpaired) electrons. The number of carbonyl (C=O) groups is 1. The van der Waals surface area contributed by atoms with Crippen molar-refractivity contribution in [1.82, 2.24) is 0 Å². The van der Waals surface area contributed by atoms with Crippen molar-refractivity contribution in [1.29, 1.82) is 0 Å². The second-order valence-corrected chi connectivity index (χ2v) is 3.94. The Kier molecular flexibility index (Phi) is 2.23. The molecular weight excluding hydrogens is 172 g/mol. The SMILES string of the molecule is NC1CCC2CC(=O)O[NH+]([O-])C2C1. The Morgan fingerprint density at radius 1 is 1.54 bits per heavy atom. The van der Waals surface area contributed by atoms with Crippen LogP contribution in [0.4, 0.5) is 0 Å². The van der Waals surface area contributed by atoms with Gasteiger partial charge in [0, 0.05) is 18.4 Å². The number of hydrogen-bond acceptors (Lipinski definition) is 4. The monoisotopic (exact) mass is 186 g/mol. The van der Waals surface area contributed by atoms with Gasteiger partial charge in [-0.05, 0) is 12.8 Å². The predicted molar refractivity (Wildman–Crippen MR) is 44.1 cm³/mol. The molecule has 5 nitrogen and oxygen atoms in total. The number of quaternary nitrogens is 1. The molecule has 1 heterocycles. The topological polar surface area (TPSA) is 79.8 Å². The zero-order chi connectivity index (χ0) is 9.42. The second kappa shape index (κ2) is 3.25. The lowest BCUT2D eigenvalue weighted by molar-refractivity contribution is -1.06. The summed E-state index contributed by atoms with van der Waals surface area (Å²) in [4.78, 5) is 15.5. The van der Waals surface area contributed by atoms with Gasteiger partial charge in [-0.1, -0.05) is 0 Å². The minimum absolute atomic E-state index is 0.0991. The first kappa shape index (κ1) is 8.93. The minimum atomic E-state index is -0.373. The van der Waals surface area contributed by atoms with Crippen LogP contribution in [0, 0.1) is 11.1 Å². The highest BCUT2D eigenvalue weighted by Crippen LogP contribution is 2.26. The molecule has 2 fully saturated rings. The molecule has 1 saturated heterocycles. The number of carbonyl (C=O) groups excluding carboxylic acids is 1. The average molecular weight is 186 g/mol. The number of nitrogens with one attached hydrogen (secondary N) is 1. The van der Waals surface area contributed by atoms with E-state index in [4.69, 9.17) is 5.73 Å². The van der Waals surface area contributed by atoms with Crippen molar-refractivity contribution < 1.29 is 14.9 Å². The Morgan fingerprint density at radius 3 is 3.08 bits per heavy atom. The van der Waals surface area contributed by atoms with Gasteiger partial charge in [0.25, 0.3) is 0 Å². The van der Waals surface area contributed by atoms with E-state index >= 15 is 0 Å². The van der Waals surface area contributed by atoms with Gasteiger partial charge in [0.05, 0.1) is 6.42 Å². The van der Waals surface area contributed by atoms with E-state index in [0.29, 0.717) is 12.8 Å². The van der Waals surface area contributed by atoms with Crippen LogP contribution in [0.5, 0.6) is 0 Å². The maximum atomic E-state index is 11.3. The van der Waals surface area contributed by atoms with Crippen molar-refractivity contribution in [3.63, 3.8) is 0 Å². The van der Waals surface area contributed by atoms with Gasteiger partial charge in [-0.25, -0.2) is 4.79 Å². The molecule has 4 unspecified atom stereocenters. The summed E-state index contributed by atoms with van der Waals surface area (Å²) >= 11 is 0. The Hall–Kier alpha value is -0.650. The highest BCUT2D eigenvalue weighted by atomic mass is 16.9. The third-order valence-electron chi connectivity index (χ3n) is 2.98. The molecule has 3 N–H and O–H groups in total. The first-order valence-electron chi connectivity index (χ1n) is 4.67. The zero-order valence-electron chi connectivity index (χ0n) is 7.36. The molecule has 13 heavy (non-hydrogen) atoms. The summed E-state index contributed by atoms with van der Waals surface area (Å²) < 4.78 is 0. The number of hydrogen-bond donors (Lipinski definition) is 2. The highest BCUT2D eigenvalue weighted by Gasteiger charge is 2.41. The van der Waals surface area contributed by atoms with E-state index in [0.717, 1.165) is 12.8 Å².